The molecule has 0 atom stereocenters. The molecule has 1 aliphatic carbocycles. The molecule has 3 aliphatic rings. The van der Waals surface area contributed by atoms with E-state index in [4.69, 9.17) is 5.11 Å². The lowest BCUT2D eigenvalue weighted by Crippen LogP contribution is -2.40. The van der Waals surface area contributed by atoms with E-state index in [9.17, 15) is 17.2 Å². The first-order valence-corrected chi connectivity index (χ1v) is 16.8. The second-order valence-corrected chi connectivity index (χ2v) is 14.2. The fourth-order valence-electron chi connectivity index (χ4n) is 6.50. The van der Waals surface area contributed by atoms with Crippen LogP contribution in [0.4, 0.5) is 30.2 Å². The molecule has 238 valence electrons. The molecule has 2 aromatic heterocycles. The summed E-state index contributed by atoms with van der Waals surface area (Å²) in [6.07, 6.45) is 6.98. The Morgan fingerprint density at radius 1 is 0.933 bits per heavy atom. The third-order valence-corrected chi connectivity index (χ3v) is 10.6. The number of anilines is 3. The van der Waals surface area contributed by atoms with Crippen LogP contribution in [0.1, 0.15) is 38.5 Å². The first-order valence-electron chi connectivity index (χ1n) is 15.2. The maximum atomic E-state index is 16.4. The van der Waals surface area contributed by atoms with Gasteiger partial charge < -0.3 is 14.9 Å². The van der Waals surface area contributed by atoms with Gasteiger partial charge >= 0.3 is 0 Å². The van der Waals surface area contributed by atoms with Crippen LogP contribution in [-0.4, -0.2) is 78.0 Å². The maximum Gasteiger partial charge on any atom is 0.251 e. The van der Waals surface area contributed by atoms with Crippen molar-refractivity contribution in [1.82, 2.24) is 20.0 Å². The van der Waals surface area contributed by atoms with Crippen molar-refractivity contribution in [1.29, 1.82) is 0 Å². The van der Waals surface area contributed by atoms with Gasteiger partial charge in [-0.15, -0.1) is 5.10 Å². The number of nitrogens with zero attached hydrogens (tertiary/aromatic N) is 6. The summed E-state index contributed by atoms with van der Waals surface area (Å²) in [5.74, 6) is -3.80. The van der Waals surface area contributed by atoms with Crippen molar-refractivity contribution in [3.63, 3.8) is 0 Å². The highest BCUT2D eigenvalue weighted by Crippen LogP contribution is 2.54. The molecule has 1 saturated carbocycles. The van der Waals surface area contributed by atoms with Crippen LogP contribution in [0.3, 0.4) is 0 Å². The summed E-state index contributed by atoms with van der Waals surface area (Å²) in [7, 11) is -3.74. The lowest BCUT2D eigenvalue weighted by atomic mass is 9.93. The Morgan fingerprint density at radius 3 is 2.38 bits per heavy atom. The summed E-state index contributed by atoms with van der Waals surface area (Å²) in [5.41, 5.74) is 3.19. The molecular formula is C31H34F3N7O3S. The van der Waals surface area contributed by atoms with Gasteiger partial charge in [0.1, 0.15) is 11.4 Å². The molecule has 0 unspecified atom stereocenters. The van der Waals surface area contributed by atoms with E-state index in [1.807, 2.05) is 0 Å². The quantitative estimate of drug-likeness (QED) is 0.277. The fourth-order valence-corrected chi connectivity index (χ4v) is 7.33. The van der Waals surface area contributed by atoms with Crippen molar-refractivity contribution in [3.05, 3.63) is 54.6 Å². The van der Waals surface area contributed by atoms with Crippen molar-refractivity contribution < 1.29 is 26.7 Å². The molecule has 2 aliphatic heterocycles. The number of aliphatic hydroxyl groups excluding tert-OH is 1. The molecule has 2 aromatic carbocycles. The van der Waals surface area contributed by atoms with E-state index >= 15 is 4.39 Å². The second kappa shape index (κ2) is 11.2. The topological polar surface area (TPSA) is 116 Å². The fraction of sp³-hybridized carbons (Fsp3) is 0.452. The molecule has 7 rings (SSSR count). The zero-order valence-corrected chi connectivity index (χ0v) is 25.4. The van der Waals surface area contributed by atoms with E-state index in [2.05, 4.69) is 24.9 Å². The standard InChI is InChI=1S/C31H34F3N7O3S/c32-27-23(18-21-2-1-11-35-28(21)29(27)40-14-9-31(33,34)10-15-40)24-20-41(38-36-24)25-4-3-22(37-45(43,44)17-16-42)19-26(25)39-12-7-30(5-6-30)8-13-39/h1-4,11,18-20,37,42H,5-10,12-17H2. The highest BCUT2D eigenvalue weighted by Gasteiger charge is 2.44. The van der Waals surface area contributed by atoms with E-state index in [1.54, 1.807) is 58.4 Å². The molecule has 2 N–H and O–H groups in total. The van der Waals surface area contributed by atoms with Crippen molar-refractivity contribution in [2.75, 3.05) is 53.1 Å². The Morgan fingerprint density at radius 2 is 1.67 bits per heavy atom. The molecule has 4 aromatic rings. The largest absolute Gasteiger partial charge is 0.395 e. The molecule has 0 amide bonds. The predicted octanol–water partition coefficient (Wildman–Crippen LogP) is 4.97. The monoisotopic (exact) mass is 641 g/mol. The average Bonchev–Trinajstić information content (AvgIpc) is 3.58. The Hall–Kier alpha value is -3.91. The number of sulfonamides is 1. The summed E-state index contributed by atoms with van der Waals surface area (Å²) in [6, 6.07) is 10.3. The summed E-state index contributed by atoms with van der Waals surface area (Å²) in [6.45, 7) is 1.10. The highest BCUT2D eigenvalue weighted by molar-refractivity contribution is 7.92. The minimum Gasteiger partial charge on any atom is -0.395 e. The van der Waals surface area contributed by atoms with Crippen LogP contribution in [0.2, 0.25) is 0 Å². The van der Waals surface area contributed by atoms with Crippen LogP contribution in [0.25, 0.3) is 27.8 Å². The third kappa shape index (κ3) is 5.92. The van der Waals surface area contributed by atoms with Gasteiger partial charge in [0.15, 0.2) is 5.82 Å². The van der Waals surface area contributed by atoms with Crippen LogP contribution >= 0.6 is 0 Å². The van der Waals surface area contributed by atoms with Crippen molar-refractivity contribution >= 4 is 38.0 Å². The number of hydrogen-bond acceptors (Lipinski definition) is 8. The SMILES string of the molecule is O=S(=O)(CCO)Nc1ccc(-n2cc(-c3cc4cccnc4c(N4CCC(F)(F)CC4)c3F)nn2)c(N2CCC3(CC2)CC3)c1. The molecule has 3 fully saturated rings. The first kappa shape index (κ1) is 29.8. The predicted molar refractivity (Wildman–Crippen MR) is 166 cm³/mol. The van der Waals surface area contributed by atoms with Gasteiger partial charge in [-0.25, -0.2) is 26.3 Å². The van der Waals surface area contributed by atoms with Crippen molar-refractivity contribution in [3.8, 4) is 16.9 Å². The van der Waals surface area contributed by atoms with Crippen LogP contribution in [-0.2, 0) is 10.0 Å². The summed E-state index contributed by atoms with van der Waals surface area (Å²) >= 11 is 0. The number of aliphatic hydroxyl groups is 1. The van der Waals surface area contributed by atoms with Gasteiger partial charge in [0.2, 0.25) is 10.0 Å². The smallest absolute Gasteiger partial charge is 0.251 e. The Kier molecular flexibility index (Phi) is 7.39. The first-order chi connectivity index (χ1) is 21.6. The summed E-state index contributed by atoms with van der Waals surface area (Å²) in [5, 5.41) is 18.5. The van der Waals surface area contributed by atoms with E-state index in [-0.39, 0.29) is 42.9 Å². The second-order valence-electron chi connectivity index (χ2n) is 12.4. The van der Waals surface area contributed by atoms with E-state index in [0.29, 0.717) is 27.7 Å². The number of fused-ring (bicyclic) bond motifs is 1. The number of rotatable bonds is 8. The number of aromatic nitrogens is 4. The van der Waals surface area contributed by atoms with Crippen molar-refractivity contribution in [2.24, 2.45) is 5.41 Å². The van der Waals surface area contributed by atoms with Crippen LogP contribution in [0.5, 0.6) is 0 Å². The number of nitrogens with one attached hydrogen (secondary N) is 1. The lowest BCUT2D eigenvalue weighted by molar-refractivity contribution is -0.0221. The van der Waals surface area contributed by atoms with E-state index in [0.717, 1.165) is 31.6 Å². The van der Waals surface area contributed by atoms with Crippen LogP contribution in [0, 0.1) is 11.2 Å². The third-order valence-electron chi connectivity index (χ3n) is 9.37. The Bertz CT molecular complexity index is 1840. The van der Waals surface area contributed by atoms with Gasteiger partial charge in [-0.05, 0) is 61.4 Å². The number of halogens is 3. The van der Waals surface area contributed by atoms with Gasteiger partial charge in [0.05, 0.1) is 41.1 Å². The Labute approximate surface area is 258 Å². The number of alkyl halides is 2. The van der Waals surface area contributed by atoms with E-state index in [1.165, 1.54) is 12.8 Å². The minimum atomic E-state index is -3.74. The average molecular weight is 642 g/mol. The minimum absolute atomic E-state index is 0.000622. The lowest BCUT2D eigenvalue weighted by Gasteiger charge is -2.35. The molecule has 2 saturated heterocycles. The maximum absolute atomic E-state index is 16.4. The molecule has 0 bridgehead atoms. The van der Waals surface area contributed by atoms with Gasteiger partial charge in [-0.1, -0.05) is 11.3 Å². The molecule has 14 heteroatoms. The van der Waals surface area contributed by atoms with Gasteiger partial charge in [0.25, 0.3) is 5.92 Å². The number of benzene rings is 2. The normalized spacial score (nSPS) is 19.3. The Balaban J connectivity index is 1.27. The molecule has 4 heterocycles. The van der Waals surface area contributed by atoms with Crippen LogP contribution < -0.4 is 14.5 Å². The van der Waals surface area contributed by atoms with Crippen LogP contribution in [0.15, 0.2) is 48.8 Å². The van der Waals surface area contributed by atoms with Crippen molar-refractivity contribution in [2.45, 2.75) is 44.4 Å². The molecular weight excluding hydrogens is 607 g/mol. The number of hydrogen-bond donors (Lipinski definition) is 2. The van der Waals surface area contributed by atoms with Gasteiger partial charge in [-0.2, -0.15) is 0 Å². The summed E-state index contributed by atoms with van der Waals surface area (Å²) in [4.78, 5) is 8.22. The zero-order valence-electron chi connectivity index (χ0n) is 24.6. The number of pyridine rings is 1. The molecule has 10 nitrogen and oxygen atoms in total. The highest BCUT2D eigenvalue weighted by atomic mass is 32.2. The van der Waals surface area contributed by atoms with E-state index < -0.39 is 34.1 Å². The van der Waals surface area contributed by atoms with Gasteiger partial charge in [-0.3, -0.25) is 9.71 Å². The molecule has 1 spiro atoms. The zero-order chi connectivity index (χ0) is 31.4. The van der Waals surface area contributed by atoms with Gasteiger partial charge in [0, 0.05) is 56.2 Å². The molecule has 0 radical (unpaired) electrons. The summed E-state index contributed by atoms with van der Waals surface area (Å²) < 4.78 is 73.2. The number of piperidine rings is 2. The molecule has 45 heavy (non-hydrogen) atoms.